The summed E-state index contributed by atoms with van der Waals surface area (Å²) in [6.07, 6.45) is 0.230. The van der Waals surface area contributed by atoms with Crippen LogP contribution in [0.5, 0.6) is 0 Å². The second kappa shape index (κ2) is 6.55. The van der Waals surface area contributed by atoms with E-state index in [1.54, 1.807) is 6.07 Å². The highest BCUT2D eigenvalue weighted by Crippen LogP contribution is 2.16. The van der Waals surface area contributed by atoms with Gasteiger partial charge in [0.15, 0.2) is 5.78 Å². The highest BCUT2D eigenvalue weighted by atomic mass is 32.2. The van der Waals surface area contributed by atoms with Crippen LogP contribution in [0.2, 0.25) is 0 Å². The third-order valence-electron chi connectivity index (χ3n) is 3.57. The minimum atomic E-state index is -3.80. The highest BCUT2D eigenvalue weighted by Gasteiger charge is 2.29. The predicted molar refractivity (Wildman–Crippen MR) is 79.2 cm³/mol. The average Bonchev–Trinajstić information content (AvgIpc) is 2.47. The van der Waals surface area contributed by atoms with Crippen LogP contribution in [-0.2, 0) is 14.8 Å². The zero-order chi connectivity index (χ0) is 16.3. The molecular weight excluding hydrogens is 308 g/mol. The first-order chi connectivity index (χ1) is 10.3. The third-order valence-corrected chi connectivity index (χ3v) is 5.09. The lowest BCUT2D eigenvalue weighted by Gasteiger charge is -2.28. The Labute approximate surface area is 128 Å². The van der Waals surface area contributed by atoms with E-state index in [0.29, 0.717) is 18.7 Å². The van der Waals surface area contributed by atoms with Gasteiger partial charge in [0.25, 0.3) is 0 Å². The van der Waals surface area contributed by atoms with E-state index in [-0.39, 0.29) is 17.1 Å². The number of piperidine rings is 1. The lowest BCUT2D eigenvalue weighted by Crippen LogP contribution is -2.50. The Hall–Kier alpha value is -1.77. The summed E-state index contributed by atoms with van der Waals surface area (Å²) in [7, 11) is -3.80. The maximum absolute atomic E-state index is 12.4. The van der Waals surface area contributed by atoms with E-state index in [4.69, 9.17) is 5.11 Å². The van der Waals surface area contributed by atoms with Crippen molar-refractivity contribution >= 4 is 21.8 Å². The smallest absolute Gasteiger partial charge is 0.307 e. The molecule has 1 aromatic carbocycles. The van der Waals surface area contributed by atoms with Gasteiger partial charge in [-0.3, -0.25) is 9.59 Å². The number of Topliss-reactive ketones (excluding diaryl/α,β-unsaturated/α-hetero) is 1. The largest absolute Gasteiger partial charge is 0.481 e. The Morgan fingerprint density at radius 1 is 1.32 bits per heavy atom. The fourth-order valence-corrected chi connectivity index (χ4v) is 3.68. The van der Waals surface area contributed by atoms with Crippen molar-refractivity contribution in [1.82, 2.24) is 10.0 Å². The summed E-state index contributed by atoms with van der Waals surface area (Å²) in [5.74, 6) is -1.79. The number of hydrogen-bond acceptors (Lipinski definition) is 5. The van der Waals surface area contributed by atoms with Gasteiger partial charge in [-0.1, -0.05) is 12.1 Å². The number of carbonyl (C=O) groups excluding carboxylic acids is 1. The van der Waals surface area contributed by atoms with Crippen LogP contribution in [0.25, 0.3) is 0 Å². The highest BCUT2D eigenvalue weighted by molar-refractivity contribution is 7.89. The molecule has 1 aliphatic rings. The van der Waals surface area contributed by atoms with Crippen molar-refractivity contribution in [3.05, 3.63) is 29.8 Å². The first-order valence-corrected chi connectivity index (χ1v) is 8.35. The molecule has 2 atom stereocenters. The Morgan fingerprint density at radius 2 is 2.05 bits per heavy atom. The molecule has 1 aliphatic heterocycles. The molecule has 3 N–H and O–H groups in total. The lowest BCUT2D eigenvalue weighted by molar-refractivity contribution is -0.142. The molecular formula is C14H18N2O5S. The Kier molecular flexibility index (Phi) is 4.94. The molecule has 1 fully saturated rings. The molecule has 1 heterocycles. The number of rotatable bonds is 5. The molecule has 1 saturated heterocycles. The second-order valence-electron chi connectivity index (χ2n) is 5.33. The molecule has 0 bridgehead atoms. The van der Waals surface area contributed by atoms with Crippen LogP contribution < -0.4 is 10.0 Å². The van der Waals surface area contributed by atoms with Crippen LogP contribution in [0, 0.1) is 5.92 Å². The second-order valence-corrected chi connectivity index (χ2v) is 7.05. The maximum atomic E-state index is 12.4. The minimum Gasteiger partial charge on any atom is -0.481 e. The molecule has 22 heavy (non-hydrogen) atoms. The quantitative estimate of drug-likeness (QED) is 0.668. The third kappa shape index (κ3) is 3.90. The van der Waals surface area contributed by atoms with Gasteiger partial charge in [-0.05, 0) is 25.5 Å². The number of hydrogen-bond donors (Lipinski definition) is 3. The van der Waals surface area contributed by atoms with E-state index in [2.05, 4.69) is 10.0 Å². The molecule has 7 nitrogen and oxygen atoms in total. The number of ketones is 1. The molecule has 0 spiro atoms. The number of sulfonamides is 1. The molecule has 0 unspecified atom stereocenters. The van der Waals surface area contributed by atoms with Crippen molar-refractivity contribution in [3.8, 4) is 0 Å². The van der Waals surface area contributed by atoms with Gasteiger partial charge in [-0.2, -0.15) is 0 Å². The van der Waals surface area contributed by atoms with E-state index < -0.39 is 28.0 Å². The summed E-state index contributed by atoms with van der Waals surface area (Å²) in [5, 5.41) is 11.9. The zero-order valence-electron chi connectivity index (χ0n) is 12.1. The summed E-state index contributed by atoms with van der Waals surface area (Å²) in [4.78, 5) is 22.3. The van der Waals surface area contributed by atoms with E-state index in [9.17, 15) is 18.0 Å². The number of carboxylic acids is 1. The molecule has 2 rings (SSSR count). The summed E-state index contributed by atoms with van der Waals surface area (Å²) >= 11 is 0. The molecule has 0 aromatic heterocycles. The van der Waals surface area contributed by atoms with Crippen molar-refractivity contribution < 1.29 is 23.1 Å². The van der Waals surface area contributed by atoms with Crippen molar-refractivity contribution in [2.24, 2.45) is 5.92 Å². The van der Waals surface area contributed by atoms with Gasteiger partial charge >= 0.3 is 5.97 Å². The number of nitrogens with one attached hydrogen (secondary N) is 2. The fraction of sp³-hybridized carbons (Fsp3) is 0.429. The van der Waals surface area contributed by atoms with Crippen LogP contribution in [0.3, 0.4) is 0 Å². The van der Waals surface area contributed by atoms with Gasteiger partial charge in [-0.15, -0.1) is 0 Å². The monoisotopic (exact) mass is 326 g/mol. The van der Waals surface area contributed by atoms with Gasteiger partial charge < -0.3 is 10.4 Å². The zero-order valence-corrected chi connectivity index (χ0v) is 12.9. The van der Waals surface area contributed by atoms with Crippen LogP contribution in [0.1, 0.15) is 23.7 Å². The van der Waals surface area contributed by atoms with Gasteiger partial charge in [0.1, 0.15) is 0 Å². The molecule has 8 heteroatoms. The maximum Gasteiger partial charge on any atom is 0.307 e. The molecule has 120 valence electrons. The fourth-order valence-electron chi connectivity index (χ4n) is 2.39. The van der Waals surface area contributed by atoms with Crippen molar-refractivity contribution in [2.45, 2.75) is 24.3 Å². The molecule has 0 amide bonds. The average molecular weight is 326 g/mol. The molecule has 0 radical (unpaired) electrons. The van der Waals surface area contributed by atoms with E-state index in [0.717, 1.165) is 0 Å². The Balaban J connectivity index is 2.15. The number of carboxylic acid groups (broad SMARTS) is 1. The SMILES string of the molecule is CC(=O)c1cccc(S(=O)(=O)N[C@H]2CNC[C@@H](C(=O)O)C2)c1. The van der Waals surface area contributed by atoms with Crippen molar-refractivity contribution in [3.63, 3.8) is 0 Å². The Morgan fingerprint density at radius 3 is 2.68 bits per heavy atom. The van der Waals surface area contributed by atoms with Gasteiger partial charge in [0.05, 0.1) is 10.8 Å². The van der Waals surface area contributed by atoms with E-state index >= 15 is 0 Å². The summed E-state index contributed by atoms with van der Waals surface area (Å²) in [5.41, 5.74) is 0.313. The lowest BCUT2D eigenvalue weighted by atomic mass is 9.97. The van der Waals surface area contributed by atoms with E-state index in [1.165, 1.54) is 25.1 Å². The van der Waals surface area contributed by atoms with Gasteiger partial charge in [0, 0.05) is 24.7 Å². The van der Waals surface area contributed by atoms with Gasteiger partial charge in [-0.25, -0.2) is 13.1 Å². The normalized spacial score (nSPS) is 22.2. The summed E-state index contributed by atoms with van der Waals surface area (Å²) in [6, 6.07) is 5.27. The molecule has 0 aliphatic carbocycles. The topological polar surface area (TPSA) is 113 Å². The van der Waals surface area contributed by atoms with Crippen molar-refractivity contribution in [2.75, 3.05) is 13.1 Å². The standard InChI is InChI=1S/C14H18N2O5S/c1-9(17)10-3-2-4-13(6-10)22(20,21)16-12-5-11(14(18)19)7-15-8-12/h2-4,6,11-12,15-16H,5,7-8H2,1H3,(H,18,19)/t11-,12+/m0/s1. The van der Waals surface area contributed by atoms with Crippen LogP contribution in [0.15, 0.2) is 29.2 Å². The minimum absolute atomic E-state index is 0.00218. The van der Waals surface area contributed by atoms with Gasteiger partial charge in [0.2, 0.25) is 10.0 Å². The predicted octanol–water partition coefficient (Wildman–Crippen LogP) is 0.230. The van der Waals surface area contributed by atoms with Crippen molar-refractivity contribution in [1.29, 1.82) is 0 Å². The number of carbonyl (C=O) groups is 2. The summed E-state index contributed by atoms with van der Waals surface area (Å²) in [6.45, 7) is 2.06. The van der Waals surface area contributed by atoms with Crippen LogP contribution in [-0.4, -0.2) is 44.4 Å². The van der Waals surface area contributed by atoms with Crippen LogP contribution in [0.4, 0.5) is 0 Å². The number of aliphatic carboxylic acids is 1. The summed E-state index contributed by atoms with van der Waals surface area (Å²) < 4.78 is 27.2. The first-order valence-electron chi connectivity index (χ1n) is 6.86. The Bertz CT molecular complexity index is 686. The van der Waals surface area contributed by atoms with Crippen LogP contribution >= 0.6 is 0 Å². The first kappa shape index (κ1) is 16.6. The molecule has 0 saturated carbocycles. The molecule has 1 aromatic rings. The number of benzene rings is 1. The van der Waals surface area contributed by atoms with E-state index in [1.807, 2.05) is 0 Å².